The molecule has 21 heavy (non-hydrogen) atoms. The minimum Gasteiger partial charge on any atom is -0.250 e. The molecule has 1 aliphatic rings. The number of hydrogen-bond acceptors (Lipinski definition) is 4. The Hall–Kier alpha value is -1.68. The Morgan fingerprint density at radius 1 is 1.33 bits per heavy atom. The van der Waals surface area contributed by atoms with Crippen LogP contribution in [0.15, 0.2) is 23.4 Å². The van der Waals surface area contributed by atoms with Gasteiger partial charge in [-0.05, 0) is 12.5 Å². The number of alkyl halides is 3. The lowest BCUT2D eigenvalue weighted by Gasteiger charge is -2.40. The summed E-state index contributed by atoms with van der Waals surface area (Å²) in [6, 6.07) is -0.664. The van der Waals surface area contributed by atoms with Crippen LogP contribution in [0.2, 0.25) is 0 Å². The Kier molecular flexibility index (Phi) is 2.99. The third-order valence-electron chi connectivity index (χ3n) is 3.50. The highest BCUT2D eigenvalue weighted by atomic mass is 32.2. The van der Waals surface area contributed by atoms with Gasteiger partial charge in [0.1, 0.15) is 10.9 Å². The molecule has 6 nitrogen and oxygen atoms in total. The number of sulfonamides is 1. The number of hydrogen-bond donors (Lipinski definition) is 0. The Bertz CT molecular complexity index is 799. The lowest BCUT2D eigenvalue weighted by Crippen LogP contribution is -2.57. The van der Waals surface area contributed by atoms with Crippen LogP contribution in [0.1, 0.15) is 6.42 Å². The maximum absolute atomic E-state index is 12.7. The summed E-state index contributed by atoms with van der Waals surface area (Å²) < 4.78 is 64.6. The van der Waals surface area contributed by atoms with E-state index < -0.39 is 22.2 Å². The molecule has 0 N–H and O–H groups in total. The summed E-state index contributed by atoms with van der Waals surface area (Å²) >= 11 is 0. The van der Waals surface area contributed by atoms with Crippen molar-refractivity contribution in [1.82, 2.24) is 19.1 Å². The number of halogens is 3. The van der Waals surface area contributed by atoms with Gasteiger partial charge in [-0.3, -0.25) is 4.68 Å². The van der Waals surface area contributed by atoms with E-state index in [1.165, 1.54) is 16.9 Å². The molecule has 2 aromatic heterocycles. The van der Waals surface area contributed by atoms with E-state index in [0.717, 1.165) is 6.20 Å². The molecule has 1 unspecified atom stereocenters. The first-order valence-corrected chi connectivity index (χ1v) is 7.51. The van der Waals surface area contributed by atoms with Crippen LogP contribution < -0.4 is 0 Å². The number of pyridine rings is 1. The summed E-state index contributed by atoms with van der Waals surface area (Å²) in [5.41, 5.74) is 0.463. The van der Waals surface area contributed by atoms with Crippen LogP contribution in [0, 0.1) is 0 Å². The molecular weight excluding hydrogens is 309 g/mol. The SMILES string of the molecule is Cn1ncc2cc(S(=O)(=O)N3CCC3C(F)(F)F)cnc21. The zero-order chi connectivity index (χ0) is 15.4. The Balaban J connectivity index is 2.00. The molecule has 0 aromatic carbocycles. The van der Waals surface area contributed by atoms with Crippen molar-refractivity contribution in [3.8, 4) is 0 Å². The van der Waals surface area contributed by atoms with Crippen molar-refractivity contribution in [2.24, 2.45) is 7.05 Å². The van der Waals surface area contributed by atoms with Gasteiger partial charge in [-0.1, -0.05) is 0 Å². The number of nitrogens with zero attached hydrogens (tertiary/aromatic N) is 4. The van der Waals surface area contributed by atoms with Gasteiger partial charge >= 0.3 is 6.18 Å². The predicted octanol–water partition coefficient (Wildman–Crippen LogP) is 1.29. The van der Waals surface area contributed by atoms with Gasteiger partial charge in [-0.2, -0.15) is 22.6 Å². The smallest absolute Gasteiger partial charge is 0.250 e. The number of rotatable bonds is 2. The van der Waals surface area contributed by atoms with Crippen molar-refractivity contribution >= 4 is 21.1 Å². The van der Waals surface area contributed by atoms with Crippen molar-refractivity contribution in [2.75, 3.05) is 6.54 Å². The van der Waals surface area contributed by atoms with E-state index in [-0.39, 0.29) is 17.9 Å². The van der Waals surface area contributed by atoms with Gasteiger partial charge in [-0.15, -0.1) is 0 Å². The van der Waals surface area contributed by atoms with Crippen LogP contribution in [-0.2, 0) is 17.1 Å². The molecule has 3 rings (SSSR count). The van der Waals surface area contributed by atoms with E-state index in [2.05, 4.69) is 10.1 Å². The molecule has 1 atom stereocenters. The zero-order valence-electron chi connectivity index (χ0n) is 10.9. The van der Waals surface area contributed by atoms with Crippen molar-refractivity contribution in [3.63, 3.8) is 0 Å². The van der Waals surface area contributed by atoms with E-state index in [1.54, 1.807) is 7.05 Å². The maximum Gasteiger partial charge on any atom is 0.405 e. The van der Waals surface area contributed by atoms with E-state index in [0.29, 0.717) is 15.3 Å². The predicted molar refractivity (Wildman–Crippen MR) is 66.9 cm³/mol. The van der Waals surface area contributed by atoms with Crippen molar-refractivity contribution < 1.29 is 21.6 Å². The Morgan fingerprint density at radius 3 is 2.62 bits per heavy atom. The van der Waals surface area contributed by atoms with Gasteiger partial charge in [0.25, 0.3) is 0 Å². The third-order valence-corrected chi connectivity index (χ3v) is 5.38. The van der Waals surface area contributed by atoms with Crippen LogP contribution in [0.3, 0.4) is 0 Å². The highest BCUT2D eigenvalue weighted by molar-refractivity contribution is 7.89. The standard InChI is InChI=1S/C11H11F3N4O2S/c1-17-10-7(5-16-17)4-8(6-15-10)21(19,20)18-3-2-9(18)11(12,13)14/h4-6,9H,2-3H2,1H3. The minimum atomic E-state index is -4.56. The van der Waals surface area contributed by atoms with Gasteiger partial charge in [-0.25, -0.2) is 13.4 Å². The second kappa shape index (κ2) is 4.41. The van der Waals surface area contributed by atoms with E-state index in [1.807, 2.05) is 0 Å². The lowest BCUT2D eigenvalue weighted by atomic mass is 10.1. The number of aromatic nitrogens is 3. The van der Waals surface area contributed by atoms with Crippen molar-refractivity contribution in [3.05, 3.63) is 18.5 Å². The largest absolute Gasteiger partial charge is 0.405 e. The van der Waals surface area contributed by atoms with Gasteiger partial charge in [0.05, 0.1) is 6.20 Å². The summed E-state index contributed by atoms with van der Waals surface area (Å²) in [5, 5.41) is 4.38. The first kappa shape index (κ1) is 14.3. The molecule has 1 saturated heterocycles. The molecular formula is C11H11F3N4O2S. The number of aryl methyl sites for hydroxylation is 1. The molecule has 0 amide bonds. The fraction of sp³-hybridized carbons (Fsp3) is 0.455. The second-order valence-electron chi connectivity index (χ2n) is 4.81. The molecule has 0 aliphatic carbocycles. The summed E-state index contributed by atoms with van der Waals surface area (Å²) in [4.78, 5) is 3.70. The van der Waals surface area contributed by atoms with Crippen LogP contribution in [0.5, 0.6) is 0 Å². The number of fused-ring (bicyclic) bond motifs is 1. The molecule has 2 aromatic rings. The fourth-order valence-corrected chi connectivity index (χ4v) is 3.92. The monoisotopic (exact) mass is 320 g/mol. The summed E-state index contributed by atoms with van der Waals surface area (Å²) in [7, 11) is -2.57. The average Bonchev–Trinajstić information content (AvgIpc) is 2.66. The van der Waals surface area contributed by atoms with Crippen LogP contribution in [0.25, 0.3) is 11.0 Å². The topological polar surface area (TPSA) is 68.1 Å². The van der Waals surface area contributed by atoms with E-state index >= 15 is 0 Å². The van der Waals surface area contributed by atoms with Crippen molar-refractivity contribution in [1.29, 1.82) is 0 Å². The molecule has 10 heteroatoms. The van der Waals surface area contributed by atoms with Crippen LogP contribution >= 0.6 is 0 Å². The van der Waals surface area contributed by atoms with Gasteiger partial charge in [0.2, 0.25) is 10.0 Å². The van der Waals surface area contributed by atoms with E-state index in [4.69, 9.17) is 0 Å². The zero-order valence-corrected chi connectivity index (χ0v) is 11.7. The van der Waals surface area contributed by atoms with Gasteiger partial charge in [0.15, 0.2) is 5.65 Å². The summed E-state index contributed by atoms with van der Waals surface area (Å²) in [6.45, 7) is -0.141. The molecule has 114 valence electrons. The minimum absolute atomic E-state index is 0.141. The van der Waals surface area contributed by atoms with Gasteiger partial charge < -0.3 is 0 Å². The molecule has 3 heterocycles. The second-order valence-corrected chi connectivity index (χ2v) is 6.70. The summed E-state index contributed by atoms with van der Waals surface area (Å²) in [6.07, 6.45) is -2.30. The lowest BCUT2D eigenvalue weighted by molar-refractivity contribution is -0.192. The van der Waals surface area contributed by atoms with Crippen molar-refractivity contribution in [2.45, 2.75) is 23.5 Å². The maximum atomic E-state index is 12.7. The molecule has 0 saturated carbocycles. The third kappa shape index (κ3) is 2.18. The molecule has 0 spiro atoms. The first-order valence-electron chi connectivity index (χ1n) is 6.07. The first-order chi connectivity index (χ1) is 9.71. The highest BCUT2D eigenvalue weighted by Gasteiger charge is 2.53. The van der Waals surface area contributed by atoms with Gasteiger partial charge in [0, 0.05) is 25.2 Å². The summed E-state index contributed by atoms with van der Waals surface area (Å²) in [5.74, 6) is 0. The molecule has 0 bridgehead atoms. The van der Waals surface area contributed by atoms with Crippen LogP contribution in [-0.4, -0.2) is 46.3 Å². The Labute approximate surface area is 118 Å². The molecule has 0 radical (unpaired) electrons. The quantitative estimate of drug-likeness (QED) is 0.836. The van der Waals surface area contributed by atoms with E-state index in [9.17, 15) is 21.6 Å². The average molecular weight is 320 g/mol. The highest BCUT2D eigenvalue weighted by Crippen LogP contribution is 2.37. The Morgan fingerprint density at radius 2 is 2.05 bits per heavy atom. The fourth-order valence-electron chi connectivity index (χ4n) is 2.28. The molecule has 1 aliphatic heterocycles. The normalized spacial score (nSPS) is 20.7. The van der Waals surface area contributed by atoms with Crippen LogP contribution in [0.4, 0.5) is 13.2 Å². The molecule has 1 fully saturated rings.